The molecule has 0 spiro atoms. The van der Waals surface area contributed by atoms with E-state index in [2.05, 4.69) is 30.9 Å². The molecule has 0 aromatic carbocycles. The summed E-state index contributed by atoms with van der Waals surface area (Å²) in [5.74, 6) is 0.406. The van der Waals surface area contributed by atoms with E-state index in [0.717, 1.165) is 6.42 Å². The fourth-order valence-corrected chi connectivity index (χ4v) is 2.45. The van der Waals surface area contributed by atoms with Gasteiger partial charge in [0.15, 0.2) is 6.23 Å². The number of carbonyl (C=O) groups excluding carboxylic acids is 1. The SMILES string of the molecule is CCC1OC(n2ncnc2C(=O)OC)C(C)C1C. The third-order valence-electron chi connectivity index (χ3n) is 3.76. The number of hydrogen-bond donors (Lipinski definition) is 0. The van der Waals surface area contributed by atoms with Crippen LogP contribution in [0.15, 0.2) is 6.33 Å². The minimum absolute atomic E-state index is 0.193. The van der Waals surface area contributed by atoms with Crippen LogP contribution in [0.3, 0.4) is 0 Å². The molecule has 2 heterocycles. The van der Waals surface area contributed by atoms with Crippen molar-refractivity contribution in [2.24, 2.45) is 11.8 Å². The Hall–Kier alpha value is -1.43. The number of nitrogens with zero attached hydrogens (tertiary/aromatic N) is 3. The van der Waals surface area contributed by atoms with Crippen molar-refractivity contribution in [1.82, 2.24) is 14.8 Å². The van der Waals surface area contributed by atoms with Crippen molar-refractivity contribution >= 4 is 5.97 Å². The van der Waals surface area contributed by atoms with E-state index >= 15 is 0 Å². The standard InChI is InChI=1S/C12H19N3O3/c1-5-9-7(2)8(3)11(18-9)15-10(12(16)17-4)13-6-14-15/h6-9,11H,5H2,1-4H3. The molecule has 1 aromatic heterocycles. The van der Waals surface area contributed by atoms with Crippen molar-refractivity contribution in [3.63, 3.8) is 0 Å². The maximum absolute atomic E-state index is 11.6. The van der Waals surface area contributed by atoms with Gasteiger partial charge in [0.25, 0.3) is 0 Å². The molecule has 1 fully saturated rings. The van der Waals surface area contributed by atoms with Crippen LogP contribution in [0.2, 0.25) is 0 Å². The van der Waals surface area contributed by atoms with Crippen LogP contribution in [0.25, 0.3) is 0 Å². The van der Waals surface area contributed by atoms with Gasteiger partial charge in [0, 0.05) is 5.92 Å². The topological polar surface area (TPSA) is 66.2 Å². The van der Waals surface area contributed by atoms with Gasteiger partial charge in [-0.25, -0.2) is 14.5 Å². The van der Waals surface area contributed by atoms with E-state index in [0.29, 0.717) is 5.92 Å². The van der Waals surface area contributed by atoms with Gasteiger partial charge in [-0.15, -0.1) is 0 Å². The van der Waals surface area contributed by atoms with Gasteiger partial charge in [-0.1, -0.05) is 20.8 Å². The number of hydrogen-bond acceptors (Lipinski definition) is 5. The fourth-order valence-electron chi connectivity index (χ4n) is 2.45. The third-order valence-corrected chi connectivity index (χ3v) is 3.76. The molecular formula is C12H19N3O3. The number of ether oxygens (including phenoxy) is 2. The Morgan fingerprint density at radius 3 is 2.78 bits per heavy atom. The Morgan fingerprint density at radius 2 is 2.22 bits per heavy atom. The Kier molecular flexibility index (Phi) is 3.65. The predicted octanol–water partition coefficient (Wildman–Crippen LogP) is 1.64. The number of esters is 1. The number of methoxy groups -OCH3 is 1. The number of carbonyl (C=O) groups is 1. The Balaban J connectivity index is 2.27. The minimum atomic E-state index is -0.490. The van der Waals surface area contributed by atoms with Crippen molar-refractivity contribution in [1.29, 1.82) is 0 Å². The van der Waals surface area contributed by atoms with Crippen LogP contribution in [0.4, 0.5) is 0 Å². The molecule has 0 aliphatic carbocycles. The lowest BCUT2D eigenvalue weighted by molar-refractivity contribution is -0.0239. The summed E-state index contributed by atoms with van der Waals surface area (Å²) < 4.78 is 12.2. The van der Waals surface area contributed by atoms with Gasteiger partial charge >= 0.3 is 5.97 Å². The number of rotatable bonds is 3. The summed E-state index contributed by atoms with van der Waals surface area (Å²) in [4.78, 5) is 15.5. The van der Waals surface area contributed by atoms with Crippen LogP contribution in [0.5, 0.6) is 0 Å². The van der Waals surface area contributed by atoms with E-state index < -0.39 is 5.97 Å². The van der Waals surface area contributed by atoms with Crippen molar-refractivity contribution in [2.45, 2.75) is 39.5 Å². The van der Waals surface area contributed by atoms with E-state index in [9.17, 15) is 4.79 Å². The largest absolute Gasteiger partial charge is 0.463 e. The molecular weight excluding hydrogens is 234 g/mol. The molecule has 18 heavy (non-hydrogen) atoms. The van der Waals surface area contributed by atoms with Crippen molar-refractivity contribution < 1.29 is 14.3 Å². The predicted molar refractivity (Wildman–Crippen MR) is 63.9 cm³/mol. The molecule has 1 saturated heterocycles. The molecule has 6 heteroatoms. The molecule has 2 rings (SSSR count). The minimum Gasteiger partial charge on any atom is -0.463 e. The molecule has 0 N–H and O–H groups in total. The van der Waals surface area contributed by atoms with Gasteiger partial charge in [0.1, 0.15) is 6.33 Å². The second-order valence-corrected chi connectivity index (χ2v) is 4.71. The summed E-state index contributed by atoms with van der Waals surface area (Å²) in [5.41, 5.74) is 0. The lowest BCUT2D eigenvalue weighted by Crippen LogP contribution is -2.22. The highest BCUT2D eigenvalue weighted by Gasteiger charge is 2.41. The molecule has 0 radical (unpaired) electrons. The molecule has 0 amide bonds. The maximum atomic E-state index is 11.6. The maximum Gasteiger partial charge on any atom is 0.375 e. The zero-order chi connectivity index (χ0) is 13.3. The van der Waals surface area contributed by atoms with E-state index in [4.69, 9.17) is 9.47 Å². The summed E-state index contributed by atoms with van der Waals surface area (Å²) in [6.45, 7) is 6.36. The summed E-state index contributed by atoms with van der Waals surface area (Å²) in [7, 11) is 1.33. The molecule has 1 aliphatic heterocycles. The van der Waals surface area contributed by atoms with Gasteiger partial charge in [0.2, 0.25) is 5.82 Å². The van der Waals surface area contributed by atoms with Gasteiger partial charge in [-0.2, -0.15) is 5.10 Å². The van der Waals surface area contributed by atoms with Crippen molar-refractivity contribution in [2.75, 3.05) is 7.11 Å². The van der Waals surface area contributed by atoms with Crippen molar-refractivity contribution in [3.05, 3.63) is 12.2 Å². The summed E-state index contributed by atoms with van der Waals surface area (Å²) >= 11 is 0. The Labute approximate surface area is 106 Å². The second-order valence-electron chi connectivity index (χ2n) is 4.71. The second kappa shape index (κ2) is 5.06. The normalized spacial score (nSPS) is 31.6. The average Bonchev–Trinajstić information content (AvgIpc) is 2.95. The Bertz CT molecular complexity index is 432. The first kappa shape index (κ1) is 13.0. The lowest BCUT2D eigenvalue weighted by atomic mass is 9.92. The van der Waals surface area contributed by atoms with Crippen LogP contribution < -0.4 is 0 Å². The number of aromatic nitrogens is 3. The zero-order valence-electron chi connectivity index (χ0n) is 11.2. The quantitative estimate of drug-likeness (QED) is 0.766. The van der Waals surface area contributed by atoms with Crippen LogP contribution in [-0.2, 0) is 9.47 Å². The molecule has 1 aromatic rings. The van der Waals surface area contributed by atoms with Gasteiger partial charge in [-0.3, -0.25) is 0 Å². The fraction of sp³-hybridized carbons (Fsp3) is 0.750. The van der Waals surface area contributed by atoms with Crippen LogP contribution in [0, 0.1) is 11.8 Å². The first-order valence-electron chi connectivity index (χ1n) is 6.23. The van der Waals surface area contributed by atoms with Gasteiger partial charge in [-0.05, 0) is 12.3 Å². The Morgan fingerprint density at radius 1 is 1.50 bits per heavy atom. The highest BCUT2D eigenvalue weighted by atomic mass is 16.5. The lowest BCUT2D eigenvalue weighted by Gasteiger charge is -2.17. The summed E-state index contributed by atoms with van der Waals surface area (Å²) in [6, 6.07) is 0. The third kappa shape index (κ3) is 2.01. The molecule has 6 nitrogen and oxygen atoms in total. The molecule has 0 saturated carbocycles. The molecule has 100 valence electrons. The molecule has 4 atom stereocenters. The first-order valence-corrected chi connectivity index (χ1v) is 6.23. The molecule has 4 unspecified atom stereocenters. The van der Waals surface area contributed by atoms with E-state index in [1.807, 2.05) is 0 Å². The summed E-state index contributed by atoms with van der Waals surface area (Å²) in [5, 5.41) is 4.10. The highest BCUT2D eigenvalue weighted by Crippen LogP contribution is 2.39. The first-order chi connectivity index (χ1) is 8.60. The van der Waals surface area contributed by atoms with Gasteiger partial charge < -0.3 is 9.47 Å². The zero-order valence-corrected chi connectivity index (χ0v) is 11.2. The van der Waals surface area contributed by atoms with Crippen molar-refractivity contribution in [3.8, 4) is 0 Å². The average molecular weight is 253 g/mol. The highest BCUT2D eigenvalue weighted by molar-refractivity contribution is 5.85. The molecule has 0 bridgehead atoms. The summed E-state index contributed by atoms with van der Waals surface area (Å²) in [6.07, 6.45) is 2.25. The van der Waals surface area contributed by atoms with E-state index in [1.165, 1.54) is 18.1 Å². The monoisotopic (exact) mass is 253 g/mol. The molecule has 1 aliphatic rings. The van der Waals surface area contributed by atoms with E-state index in [-0.39, 0.29) is 24.1 Å². The van der Waals surface area contributed by atoms with Crippen LogP contribution in [-0.4, -0.2) is 33.9 Å². The van der Waals surface area contributed by atoms with Crippen LogP contribution in [0.1, 0.15) is 44.0 Å². The smallest absolute Gasteiger partial charge is 0.375 e. The van der Waals surface area contributed by atoms with Gasteiger partial charge in [0.05, 0.1) is 13.2 Å². The van der Waals surface area contributed by atoms with E-state index in [1.54, 1.807) is 0 Å². The van der Waals surface area contributed by atoms with Crippen LogP contribution >= 0.6 is 0 Å².